The fourth-order valence-electron chi connectivity index (χ4n) is 3.52. The Kier molecular flexibility index (Phi) is 4.77. The van der Waals surface area contributed by atoms with E-state index in [0.717, 1.165) is 33.7 Å². The monoisotopic (exact) mass is 376 g/mol. The Morgan fingerprint density at radius 3 is 2.71 bits per heavy atom. The molecule has 0 saturated carbocycles. The minimum absolute atomic E-state index is 0.207. The van der Waals surface area contributed by atoms with Crippen molar-refractivity contribution < 1.29 is 9.13 Å². The number of methoxy groups -OCH3 is 1. The molecule has 0 aliphatic heterocycles. The summed E-state index contributed by atoms with van der Waals surface area (Å²) in [5, 5.41) is 8.39. The fourth-order valence-corrected chi connectivity index (χ4v) is 3.52. The second kappa shape index (κ2) is 7.38. The van der Waals surface area contributed by atoms with Gasteiger partial charge in [0.15, 0.2) is 5.65 Å². The molecule has 0 N–H and O–H groups in total. The third-order valence-electron chi connectivity index (χ3n) is 5.05. The molecule has 0 radical (unpaired) electrons. The van der Waals surface area contributed by atoms with Crippen molar-refractivity contribution in [3.8, 4) is 16.9 Å². The summed E-state index contributed by atoms with van der Waals surface area (Å²) in [5.74, 6) is 0.495. The highest BCUT2D eigenvalue weighted by Crippen LogP contribution is 2.27. The molecule has 3 aromatic heterocycles. The summed E-state index contributed by atoms with van der Waals surface area (Å²) in [4.78, 5) is 4.37. The molecule has 0 aliphatic rings. The topological polar surface area (TPSA) is 52.3 Å². The normalized spacial score (nSPS) is 11.1. The van der Waals surface area contributed by atoms with Crippen LogP contribution >= 0.6 is 0 Å². The zero-order chi connectivity index (χ0) is 19.7. The largest absolute Gasteiger partial charge is 0.496 e. The van der Waals surface area contributed by atoms with E-state index in [0.29, 0.717) is 24.2 Å². The Morgan fingerprint density at radius 2 is 1.93 bits per heavy atom. The molecule has 0 aliphatic carbocycles. The Balaban J connectivity index is 1.68. The number of rotatable bonds is 5. The van der Waals surface area contributed by atoms with E-state index in [1.54, 1.807) is 25.7 Å². The van der Waals surface area contributed by atoms with Gasteiger partial charge in [-0.05, 0) is 68.1 Å². The summed E-state index contributed by atoms with van der Waals surface area (Å²) in [6.45, 7) is 3.81. The van der Waals surface area contributed by atoms with Gasteiger partial charge in [-0.2, -0.15) is 0 Å². The molecule has 6 heteroatoms. The molecule has 3 heterocycles. The van der Waals surface area contributed by atoms with Gasteiger partial charge in [0.25, 0.3) is 0 Å². The minimum atomic E-state index is -0.207. The molecule has 142 valence electrons. The van der Waals surface area contributed by atoms with Gasteiger partial charge < -0.3 is 4.74 Å². The van der Waals surface area contributed by atoms with Crippen molar-refractivity contribution in [1.82, 2.24) is 19.6 Å². The van der Waals surface area contributed by atoms with Crippen LogP contribution in [0.3, 0.4) is 0 Å². The molecule has 28 heavy (non-hydrogen) atoms. The highest BCUT2D eigenvalue weighted by atomic mass is 19.1. The van der Waals surface area contributed by atoms with E-state index in [1.165, 1.54) is 6.07 Å². The lowest BCUT2D eigenvalue weighted by atomic mass is 10.0. The van der Waals surface area contributed by atoms with E-state index in [9.17, 15) is 4.39 Å². The van der Waals surface area contributed by atoms with E-state index in [1.807, 2.05) is 42.5 Å². The van der Waals surface area contributed by atoms with Gasteiger partial charge in [-0.1, -0.05) is 6.07 Å². The van der Waals surface area contributed by atoms with Crippen LogP contribution in [0.2, 0.25) is 0 Å². The fraction of sp³-hybridized carbons (Fsp3) is 0.227. The summed E-state index contributed by atoms with van der Waals surface area (Å²) in [6, 6.07) is 11.3. The molecule has 4 rings (SSSR count). The number of aromatic nitrogens is 4. The van der Waals surface area contributed by atoms with Gasteiger partial charge >= 0.3 is 0 Å². The Labute approximate surface area is 162 Å². The average Bonchev–Trinajstić information content (AvgIpc) is 3.18. The van der Waals surface area contributed by atoms with Crippen LogP contribution < -0.4 is 4.74 Å². The maximum Gasteiger partial charge on any atom is 0.168 e. The van der Waals surface area contributed by atoms with Gasteiger partial charge in [0, 0.05) is 28.7 Å². The van der Waals surface area contributed by atoms with Crippen molar-refractivity contribution in [1.29, 1.82) is 0 Å². The van der Waals surface area contributed by atoms with Crippen molar-refractivity contribution in [2.45, 2.75) is 26.7 Å². The number of benzene rings is 1. The molecule has 0 spiro atoms. The van der Waals surface area contributed by atoms with Gasteiger partial charge in [0.1, 0.15) is 17.9 Å². The predicted octanol–water partition coefficient (Wildman–Crippen LogP) is 4.34. The van der Waals surface area contributed by atoms with E-state index >= 15 is 0 Å². The van der Waals surface area contributed by atoms with E-state index in [2.05, 4.69) is 15.2 Å². The van der Waals surface area contributed by atoms with Crippen molar-refractivity contribution in [2.24, 2.45) is 0 Å². The average molecular weight is 376 g/mol. The van der Waals surface area contributed by atoms with E-state index < -0.39 is 0 Å². The van der Waals surface area contributed by atoms with Gasteiger partial charge in [-0.15, -0.1) is 10.2 Å². The number of ether oxygens (including phenoxy) is 1. The van der Waals surface area contributed by atoms with Gasteiger partial charge in [0.2, 0.25) is 0 Å². The van der Waals surface area contributed by atoms with Crippen molar-refractivity contribution in [3.63, 3.8) is 0 Å². The van der Waals surface area contributed by atoms with Crippen LogP contribution in [0, 0.1) is 19.7 Å². The van der Waals surface area contributed by atoms with Crippen molar-refractivity contribution >= 4 is 5.65 Å². The van der Waals surface area contributed by atoms with E-state index in [4.69, 9.17) is 4.74 Å². The Hall–Kier alpha value is -3.28. The van der Waals surface area contributed by atoms with Gasteiger partial charge in [-0.25, -0.2) is 4.39 Å². The zero-order valence-electron chi connectivity index (χ0n) is 16.1. The van der Waals surface area contributed by atoms with Gasteiger partial charge in [-0.3, -0.25) is 9.38 Å². The number of hydrogen-bond donors (Lipinski definition) is 0. The number of hydrogen-bond acceptors (Lipinski definition) is 4. The first-order chi connectivity index (χ1) is 13.6. The highest BCUT2D eigenvalue weighted by molar-refractivity contribution is 5.78. The number of nitrogens with zero attached hydrogens (tertiary/aromatic N) is 4. The van der Waals surface area contributed by atoms with Gasteiger partial charge in [0.05, 0.1) is 7.11 Å². The highest BCUT2D eigenvalue weighted by Gasteiger charge is 2.13. The van der Waals surface area contributed by atoms with Crippen LogP contribution in [0.15, 0.2) is 48.9 Å². The molecule has 5 nitrogen and oxygen atoms in total. The van der Waals surface area contributed by atoms with Crippen LogP contribution in [0.1, 0.15) is 22.5 Å². The first-order valence-corrected chi connectivity index (χ1v) is 9.15. The lowest BCUT2D eigenvalue weighted by Gasteiger charge is -2.12. The van der Waals surface area contributed by atoms with Crippen LogP contribution in [0.25, 0.3) is 16.8 Å². The van der Waals surface area contributed by atoms with Crippen LogP contribution in [0.5, 0.6) is 5.75 Å². The number of halogens is 1. The molecule has 0 saturated heterocycles. The Morgan fingerprint density at radius 1 is 1.07 bits per heavy atom. The standard InChI is InChI=1S/C22H21FN4O/c1-14-11-20(23)16(12-21(14)28-3)6-7-17-8-9-19(22-26-25-13-27(17)22)18-5-4-10-24-15(18)2/h4-5,8-13H,6-7H2,1-3H3. The quantitative estimate of drug-likeness (QED) is 0.520. The lowest BCUT2D eigenvalue weighted by Crippen LogP contribution is -2.03. The zero-order valence-corrected chi connectivity index (χ0v) is 16.1. The molecule has 1 aromatic carbocycles. The predicted molar refractivity (Wildman–Crippen MR) is 106 cm³/mol. The third kappa shape index (κ3) is 3.22. The molecule has 0 atom stereocenters. The number of fused-ring (bicyclic) bond motifs is 1. The molecular formula is C22H21FN4O. The van der Waals surface area contributed by atoms with Crippen LogP contribution in [0.4, 0.5) is 4.39 Å². The second-order valence-corrected chi connectivity index (χ2v) is 6.81. The Bertz CT molecular complexity index is 1150. The molecule has 0 fully saturated rings. The number of aryl methyl sites for hydroxylation is 4. The summed E-state index contributed by atoms with van der Waals surface area (Å²) in [6.07, 6.45) is 4.69. The molecule has 0 amide bonds. The molecule has 0 unspecified atom stereocenters. The van der Waals surface area contributed by atoms with Crippen LogP contribution in [-0.4, -0.2) is 26.7 Å². The maximum absolute atomic E-state index is 14.4. The number of pyridine rings is 2. The summed E-state index contributed by atoms with van der Waals surface area (Å²) in [5.41, 5.74) is 6.17. The second-order valence-electron chi connectivity index (χ2n) is 6.81. The molecule has 4 aromatic rings. The first kappa shape index (κ1) is 18.1. The summed E-state index contributed by atoms with van der Waals surface area (Å²) < 4.78 is 21.7. The molecular weight excluding hydrogens is 355 g/mol. The van der Waals surface area contributed by atoms with Crippen molar-refractivity contribution in [3.05, 3.63) is 77.3 Å². The lowest BCUT2D eigenvalue weighted by molar-refractivity contribution is 0.409. The maximum atomic E-state index is 14.4. The first-order valence-electron chi connectivity index (χ1n) is 9.15. The molecule has 0 bridgehead atoms. The minimum Gasteiger partial charge on any atom is -0.496 e. The smallest absolute Gasteiger partial charge is 0.168 e. The summed E-state index contributed by atoms with van der Waals surface area (Å²) in [7, 11) is 1.60. The third-order valence-corrected chi connectivity index (χ3v) is 5.05. The van der Waals surface area contributed by atoms with Crippen molar-refractivity contribution in [2.75, 3.05) is 7.11 Å². The SMILES string of the molecule is COc1cc(CCc2ccc(-c3cccnc3C)c3nncn23)c(F)cc1C. The summed E-state index contributed by atoms with van der Waals surface area (Å²) >= 11 is 0. The van der Waals surface area contributed by atoms with E-state index in [-0.39, 0.29) is 5.82 Å². The van der Waals surface area contributed by atoms with Crippen LogP contribution in [-0.2, 0) is 12.8 Å².